The molecule has 0 spiro atoms. The van der Waals surface area contributed by atoms with Gasteiger partial charge in [-0.15, -0.1) is 12.4 Å². The van der Waals surface area contributed by atoms with Crippen molar-refractivity contribution in [1.29, 1.82) is 0 Å². The number of aliphatic hydroxyl groups is 1. The van der Waals surface area contributed by atoms with Gasteiger partial charge in [-0.05, 0) is 47.7 Å². The van der Waals surface area contributed by atoms with Gasteiger partial charge in [-0.3, -0.25) is 4.79 Å². The lowest BCUT2D eigenvalue weighted by atomic mass is 9.72. The number of allylic oxidation sites excluding steroid dienone is 2. The van der Waals surface area contributed by atoms with Gasteiger partial charge in [-0.25, -0.2) is 12.8 Å². The first-order valence-corrected chi connectivity index (χ1v) is 13.7. The van der Waals surface area contributed by atoms with Crippen LogP contribution in [0.3, 0.4) is 0 Å². The summed E-state index contributed by atoms with van der Waals surface area (Å²) in [6.07, 6.45) is -10.6. The quantitative estimate of drug-likeness (QED) is 0.421. The van der Waals surface area contributed by atoms with Gasteiger partial charge in [0.25, 0.3) is 5.60 Å². The summed E-state index contributed by atoms with van der Waals surface area (Å²) in [5, 5.41) is 14.9. The number of amides is 1. The van der Waals surface area contributed by atoms with E-state index in [1.165, 1.54) is 36.4 Å². The van der Waals surface area contributed by atoms with E-state index in [0.29, 0.717) is 11.6 Å². The Kier molecular flexibility index (Phi) is 8.77. The van der Waals surface area contributed by atoms with Gasteiger partial charge in [0.1, 0.15) is 17.4 Å². The van der Waals surface area contributed by atoms with Crippen LogP contribution in [-0.2, 0) is 21.1 Å². The molecule has 41 heavy (non-hydrogen) atoms. The first-order valence-electron chi connectivity index (χ1n) is 11.8. The molecule has 224 valence electrons. The lowest BCUT2D eigenvalue weighted by Gasteiger charge is -2.48. The SMILES string of the molecule is CS(=O)(=O)c1ccc2c(c1)CCNC2C(=O)NC1(C(O)(C(F)(F)F)C(F)(F)F)C=CC(c2ccccc2F)=CC1.Cl. The second-order valence-electron chi connectivity index (χ2n) is 9.61. The number of carbonyl (C=O) groups is 1. The first-order chi connectivity index (χ1) is 18.4. The number of hydrogen-bond acceptors (Lipinski definition) is 5. The summed E-state index contributed by atoms with van der Waals surface area (Å²) in [6, 6.07) is 7.32. The molecule has 1 heterocycles. The second kappa shape index (κ2) is 11.0. The molecular weight excluding hydrogens is 605 g/mol. The maximum Gasteiger partial charge on any atom is 0.429 e. The number of rotatable bonds is 5. The largest absolute Gasteiger partial charge is 0.429 e. The Hall–Kier alpha value is -2.94. The fourth-order valence-corrected chi connectivity index (χ4v) is 5.62. The van der Waals surface area contributed by atoms with E-state index >= 15 is 0 Å². The number of carbonyl (C=O) groups excluding carboxylic acids is 1. The highest BCUT2D eigenvalue weighted by Gasteiger charge is 2.79. The average Bonchev–Trinajstić information content (AvgIpc) is 2.86. The van der Waals surface area contributed by atoms with E-state index in [1.807, 2.05) is 0 Å². The highest BCUT2D eigenvalue weighted by atomic mass is 35.5. The molecule has 0 radical (unpaired) electrons. The number of halogens is 8. The van der Waals surface area contributed by atoms with E-state index in [0.717, 1.165) is 24.5 Å². The molecule has 6 nitrogen and oxygen atoms in total. The van der Waals surface area contributed by atoms with Crippen LogP contribution in [0.15, 0.2) is 65.6 Å². The third kappa shape index (κ3) is 5.74. The van der Waals surface area contributed by atoms with E-state index in [-0.39, 0.29) is 47.0 Å². The van der Waals surface area contributed by atoms with Crippen molar-refractivity contribution in [3.8, 4) is 0 Å². The second-order valence-corrected chi connectivity index (χ2v) is 11.6. The Labute approximate surface area is 236 Å². The Bertz CT molecular complexity index is 1490. The first kappa shape index (κ1) is 32.6. The van der Waals surface area contributed by atoms with Crippen molar-refractivity contribution in [2.75, 3.05) is 12.8 Å². The minimum Gasteiger partial charge on any atom is -0.372 e. The third-order valence-electron chi connectivity index (χ3n) is 7.05. The van der Waals surface area contributed by atoms with Crippen molar-refractivity contribution in [2.45, 2.75) is 47.3 Å². The van der Waals surface area contributed by atoms with Gasteiger partial charge in [0.15, 0.2) is 9.84 Å². The molecule has 2 aromatic carbocycles. The van der Waals surface area contributed by atoms with Gasteiger partial charge in [-0.1, -0.05) is 42.5 Å². The molecule has 2 atom stereocenters. The molecule has 15 heteroatoms. The highest BCUT2D eigenvalue weighted by Crippen LogP contribution is 2.52. The van der Waals surface area contributed by atoms with E-state index in [4.69, 9.17) is 0 Å². The summed E-state index contributed by atoms with van der Waals surface area (Å²) in [7, 11) is -3.64. The van der Waals surface area contributed by atoms with E-state index in [2.05, 4.69) is 5.32 Å². The van der Waals surface area contributed by atoms with Crippen molar-refractivity contribution in [2.24, 2.45) is 0 Å². The van der Waals surface area contributed by atoms with Crippen molar-refractivity contribution >= 4 is 33.7 Å². The Morgan fingerprint density at radius 3 is 2.24 bits per heavy atom. The van der Waals surface area contributed by atoms with Crippen LogP contribution in [0.5, 0.6) is 0 Å². The van der Waals surface area contributed by atoms with E-state index in [9.17, 15) is 49.1 Å². The highest BCUT2D eigenvalue weighted by molar-refractivity contribution is 7.90. The number of sulfone groups is 1. The van der Waals surface area contributed by atoms with Crippen molar-refractivity contribution in [3.63, 3.8) is 0 Å². The summed E-state index contributed by atoms with van der Waals surface area (Å²) in [6.45, 7) is 0.0568. The molecule has 0 aromatic heterocycles. The molecule has 2 aliphatic rings. The number of nitrogens with one attached hydrogen (secondary N) is 2. The molecule has 0 fully saturated rings. The lowest BCUT2D eigenvalue weighted by molar-refractivity contribution is -0.385. The number of alkyl halides is 6. The number of benzene rings is 2. The molecule has 4 rings (SSSR count). The average molecular weight is 629 g/mol. The topological polar surface area (TPSA) is 95.5 Å². The zero-order valence-electron chi connectivity index (χ0n) is 21.1. The predicted molar refractivity (Wildman–Crippen MR) is 137 cm³/mol. The summed E-state index contributed by atoms with van der Waals surface area (Å²) in [4.78, 5) is 13.3. The van der Waals surface area contributed by atoms with Crippen LogP contribution < -0.4 is 10.6 Å². The summed E-state index contributed by atoms with van der Waals surface area (Å²) in [5.74, 6) is -2.11. The van der Waals surface area contributed by atoms with Crippen molar-refractivity contribution in [1.82, 2.24) is 10.6 Å². The smallest absolute Gasteiger partial charge is 0.372 e. The van der Waals surface area contributed by atoms with Gasteiger partial charge in [0, 0.05) is 18.4 Å². The number of hydrogen-bond donors (Lipinski definition) is 3. The van der Waals surface area contributed by atoms with Crippen LogP contribution in [-0.4, -0.2) is 55.7 Å². The van der Waals surface area contributed by atoms with Gasteiger partial charge in [0.05, 0.1) is 4.90 Å². The van der Waals surface area contributed by atoms with Crippen LogP contribution >= 0.6 is 12.4 Å². The molecule has 2 aromatic rings. The van der Waals surface area contributed by atoms with Gasteiger partial charge < -0.3 is 15.7 Å². The lowest BCUT2D eigenvalue weighted by Crippen LogP contribution is -2.76. The molecule has 2 unspecified atom stereocenters. The Morgan fingerprint density at radius 2 is 1.71 bits per heavy atom. The Morgan fingerprint density at radius 1 is 1.07 bits per heavy atom. The minimum absolute atomic E-state index is 0. The Balaban J connectivity index is 0.00000462. The zero-order chi connectivity index (χ0) is 29.7. The fourth-order valence-electron chi connectivity index (χ4n) is 4.95. The fraction of sp³-hybridized carbons (Fsp3) is 0.346. The maximum absolute atomic E-state index is 14.3. The zero-order valence-corrected chi connectivity index (χ0v) is 22.7. The molecule has 3 N–H and O–H groups in total. The van der Waals surface area contributed by atoms with E-state index in [1.54, 1.807) is 5.32 Å². The minimum atomic E-state index is -6.30. The van der Waals surface area contributed by atoms with Gasteiger partial charge >= 0.3 is 12.4 Å². The normalized spacial score (nSPS) is 21.4. The molecular formula is C26H24ClF7N2O4S. The molecule has 0 bridgehead atoms. The summed E-state index contributed by atoms with van der Waals surface area (Å²) in [5.41, 5.74) is -8.56. The predicted octanol–water partition coefficient (Wildman–Crippen LogP) is 4.59. The van der Waals surface area contributed by atoms with Crippen LogP contribution in [0.1, 0.15) is 29.2 Å². The van der Waals surface area contributed by atoms with Gasteiger partial charge in [0.2, 0.25) is 5.91 Å². The van der Waals surface area contributed by atoms with E-state index < -0.39 is 57.5 Å². The molecule has 1 aliphatic carbocycles. The molecule has 1 amide bonds. The van der Waals surface area contributed by atoms with Crippen LogP contribution in [0.2, 0.25) is 0 Å². The molecule has 0 saturated heterocycles. The molecule has 0 saturated carbocycles. The van der Waals surface area contributed by atoms with Crippen LogP contribution in [0, 0.1) is 5.82 Å². The maximum atomic E-state index is 14.3. The summed E-state index contributed by atoms with van der Waals surface area (Å²) < 4.78 is 123. The van der Waals surface area contributed by atoms with Crippen molar-refractivity contribution in [3.05, 3.63) is 83.2 Å². The monoisotopic (exact) mass is 628 g/mol. The van der Waals surface area contributed by atoms with Gasteiger partial charge in [-0.2, -0.15) is 26.3 Å². The van der Waals surface area contributed by atoms with Crippen LogP contribution in [0.4, 0.5) is 30.7 Å². The van der Waals surface area contributed by atoms with Crippen molar-refractivity contribution < 1.29 is 49.1 Å². The standard InChI is InChI=1S/C26H23F7N2O4S.ClH/c1-40(38,39)17-6-7-19-16(14-17)10-13-34-21(19)22(36)35-23(24(37,25(28,29)30)26(31,32)33)11-8-15(9-12-23)18-4-2-3-5-20(18)27;/h2-9,11,14,21,34,37H,10,12-13H2,1H3,(H,35,36);1H. The molecule has 1 aliphatic heterocycles. The van der Waals surface area contributed by atoms with Crippen LogP contribution in [0.25, 0.3) is 5.57 Å². The number of fused-ring (bicyclic) bond motifs is 1. The third-order valence-corrected chi connectivity index (χ3v) is 8.16. The summed E-state index contributed by atoms with van der Waals surface area (Å²) >= 11 is 0.